The molecule has 0 amide bonds. The second-order valence-electron chi connectivity index (χ2n) is 4.74. The van der Waals surface area contributed by atoms with Crippen LogP contribution in [0.2, 0.25) is 0 Å². The maximum Gasteiger partial charge on any atom is 0.0308 e. The largest absolute Gasteiger partial charge is 0.305 e. The van der Waals surface area contributed by atoms with E-state index in [4.69, 9.17) is 0 Å². The first-order chi connectivity index (χ1) is 8.70. The molecule has 0 fully saturated rings. The van der Waals surface area contributed by atoms with Crippen LogP contribution in [0.1, 0.15) is 41.5 Å². The number of hydrogen-bond donors (Lipinski definition) is 1. The van der Waals surface area contributed by atoms with E-state index in [2.05, 4.69) is 61.8 Å². The minimum Gasteiger partial charge on any atom is -0.305 e. The van der Waals surface area contributed by atoms with Crippen LogP contribution in [0, 0.1) is 6.92 Å². The van der Waals surface area contributed by atoms with Crippen molar-refractivity contribution in [3.63, 3.8) is 0 Å². The Morgan fingerprint density at radius 2 is 1.89 bits per heavy atom. The molecule has 1 nitrogen and oxygen atoms in total. The third kappa shape index (κ3) is 3.21. The summed E-state index contributed by atoms with van der Waals surface area (Å²) < 4.78 is 0. The zero-order chi connectivity index (χ0) is 13.0. The van der Waals surface area contributed by atoms with E-state index in [1.807, 2.05) is 11.3 Å². The van der Waals surface area contributed by atoms with Crippen LogP contribution in [0.25, 0.3) is 0 Å². The van der Waals surface area contributed by atoms with Crippen LogP contribution in [0.5, 0.6) is 0 Å². The van der Waals surface area contributed by atoms with Crippen LogP contribution in [0.3, 0.4) is 0 Å². The highest BCUT2D eigenvalue weighted by atomic mass is 32.1. The maximum atomic E-state index is 3.61. The van der Waals surface area contributed by atoms with E-state index in [0.717, 1.165) is 13.0 Å². The molecule has 1 N–H and O–H groups in total. The number of hydrogen-bond acceptors (Lipinski definition) is 2. The topological polar surface area (TPSA) is 12.0 Å². The average Bonchev–Trinajstić information content (AvgIpc) is 2.84. The van der Waals surface area contributed by atoms with Crippen molar-refractivity contribution in [2.24, 2.45) is 0 Å². The van der Waals surface area contributed by atoms with Crippen LogP contribution < -0.4 is 5.32 Å². The Bertz CT molecular complexity index is 484. The van der Waals surface area contributed by atoms with Gasteiger partial charge in [-0.3, -0.25) is 0 Å². The number of aryl methyl sites for hydroxylation is 2. The van der Waals surface area contributed by atoms with E-state index in [1.54, 1.807) is 0 Å². The summed E-state index contributed by atoms with van der Waals surface area (Å²) >= 11 is 1.85. The SMILES string of the molecule is CCc1ccsc1CNC(C)c1ccc(C)cc1. The summed E-state index contributed by atoms with van der Waals surface area (Å²) in [5.74, 6) is 0. The third-order valence-corrected chi connectivity index (χ3v) is 4.33. The van der Waals surface area contributed by atoms with E-state index in [1.165, 1.54) is 21.6 Å². The van der Waals surface area contributed by atoms with Gasteiger partial charge in [-0.15, -0.1) is 11.3 Å². The highest BCUT2D eigenvalue weighted by Gasteiger charge is 2.07. The molecule has 0 aliphatic rings. The van der Waals surface area contributed by atoms with Crippen molar-refractivity contribution in [2.45, 2.75) is 39.8 Å². The Balaban J connectivity index is 1.96. The summed E-state index contributed by atoms with van der Waals surface area (Å²) in [6.07, 6.45) is 1.12. The predicted molar refractivity (Wildman–Crippen MR) is 80.1 cm³/mol. The lowest BCUT2D eigenvalue weighted by Gasteiger charge is -2.14. The van der Waals surface area contributed by atoms with Crippen molar-refractivity contribution in [3.05, 3.63) is 57.3 Å². The van der Waals surface area contributed by atoms with Gasteiger partial charge in [0, 0.05) is 17.5 Å². The smallest absolute Gasteiger partial charge is 0.0308 e. The molecule has 0 bridgehead atoms. The summed E-state index contributed by atoms with van der Waals surface area (Å²) in [7, 11) is 0. The molecular formula is C16H21NS. The Morgan fingerprint density at radius 1 is 1.17 bits per heavy atom. The van der Waals surface area contributed by atoms with Gasteiger partial charge in [-0.2, -0.15) is 0 Å². The highest BCUT2D eigenvalue weighted by molar-refractivity contribution is 7.10. The fourth-order valence-corrected chi connectivity index (χ4v) is 2.98. The van der Waals surface area contributed by atoms with Gasteiger partial charge in [0.25, 0.3) is 0 Å². The van der Waals surface area contributed by atoms with Gasteiger partial charge >= 0.3 is 0 Å². The van der Waals surface area contributed by atoms with Crippen molar-refractivity contribution >= 4 is 11.3 Å². The molecule has 0 saturated carbocycles. The molecule has 1 aromatic carbocycles. The van der Waals surface area contributed by atoms with Gasteiger partial charge in [0.2, 0.25) is 0 Å². The minimum absolute atomic E-state index is 0.400. The van der Waals surface area contributed by atoms with Crippen LogP contribution in [0.4, 0.5) is 0 Å². The van der Waals surface area contributed by atoms with Gasteiger partial charge in [-0.1, -0.05) is 36.8 Å². The number of nitrogens with one attached hydrogen (secondary N) is 1. The summed E-state index contributed by atoms with van der Waals surface area (Å²) in [6.45, 7) is 7.54. The molecule has 1 aromatic heterocycles. The van der Waals surface area contributed by atoms with Crippen LogP contribution in [-0.2, 0) is 13.0 Å². The maximum absolute atomic E-state index is 3.61. The molecule has 96 valence electrons. The Labute approximate surface area is 114 Å². The lowest BCUT2D eigenvalue weighted by molar-refractivity contribution is 0.577. The molecule has 0 spiro atoms. The fourth-order valence-electron chi connectivity index (χ4n) is 2.06. The van der Waals surface area contributed by atoms with Gasteiger partial charge in [0.05, 0.1) is 0 Å². The molecule has 0 saturated heterocycles. The molecule has 0 radical (unpaired) electrons. The quantitative estimate of drug-likeness (QED) is 0.835. The molecule has 2 heteroatoms. The molecule has 2 rings (SSSR count). The van der Waals surface area contributed by atoms with Gasteiger partial charge < -0.3 is 5.32 Å². The molecule has 18 heavy (non-hydrogen) atoms. The summed E-state index contributed by atoms with van der Waals surface area (Å²) in [6, 6.07) is 11.4. The van der Waals surface area contributed by atoms with Crippen LogP contribution >= 0.6 is 11.3 Å². The van der Waals surface area contributed by atoms with E-state index < -0.39 is 0 Å². The number of thiophene rings is 1. The first-order valence-electron chi connectivity index (χ1n) is 6.56. The Hall–Kier alpha value is -1.12. The van der Waals surface area contributed by atoms with Gasteiger partial charge in [0.1, 0.15) is 0 Å². The van der Waals surface area contributed by atoms with Crippen molar-refractivity contribution < 1.29 is 0 Å². The zero-order valence-corrected chi connectivity index (χ0v) is 12.2. The standard InChI is InChI=1S/C16H21NS/c1-4-14-9-10-18-16(14)11-17-13(3)15-7-5-12(2)6-8-15/h5-10,13,17H,4,11H2,1-3H3. The lowest BCUT2D eigenvalue weighted by Crippen LogP contribution is -2.18. The van der Waals surface area contributed by atoms with E-state index in [0.29, 0.717) is 6.04 Å². The fraction of sp³-hybridized carbons (Fsp3) is 0.375. The molecule has 1 atom stereocenters. The van der Waals surface area contributed by atoms with Crippen LogP contribution in [0.15, 0.2) is 35.7 Å². The number of benzene rings is 1. The van der Waals surface area contributed by atoms with Gasteiger partial charge in [0.15, 0.2) is 0 Å². The summed E-state index contributed by atoms with van der Waals surface area (Å²) in [5, 5.41) is 5.79. The predicted octanol–water partition coefficient (Wildman–Crippen LogP) is 4.47. The minimum atomic E-state index is 0.400. The summed E-state index contributed by atoms with van der Waals surface area (Å²) in [5.41, 5.74) is 4.15. The molecular weight excluding hydrogens is 238 g/mol. The van der Waals surface area contributed by atoms with E-state index >= 15 is 0 Å². The van der Waals surface area contributed by atoms with Crippen molar-refractivity contribution in [2.75, 3.05) is 0 Å². The second-order valence-corrected chi connectivity index (χ2v) is 5.74. The lowest BCUT2D eigenvalue weighted by atomic mass is 10.1. The van der Waals surface area contributed by atoms with Crippen molar-refractivity contribution in [1.82, 2.24) is 5.32 Å². The first kappa shape index (κ1) is 13.3. The molecule has 0 aliphatic heterocycles. The van der Waals surface area contributed by atoms with E-state index in [9.17, 15) is 0 Å². The second kappa shape index (κ2) is 6.17. The normalized spacial score (nSPS) is 12.6. The molecule has 1 heterocycles. The molecule has 1 unspecified atom stereocenters. The zero-order valence-electron chi connectivity index (χ0n) is 11.4. The van der Waals surface area contributed by atoms with Crippen LogP contribution in [-0.4, -0.2) is 0 Å². The van der Waals surface area contributed by atoms with E-state index in [-0.39, 0.29) is 0 Å². The third-order valence-electron chi connectivity index (χ3n) is 3.36. The monoisotopic (exact) mass is 259 g/mol. The Kier molecular flexibility index (Phi) is 4.56. The van der Waals surface area contributed by atoms with Gasteiger partial charge in [-0.25, -0.2) is 0 Å². The van der Waals surface area contributed by atoms with Gasteiger partial charge in [-0.05, 0) is 42.8 Å². The number of rotatable bonds is 5. The average molecular weight is 259 g/mol. The molecule has 2 aromatic rings. The first-order valence-corrected chi connectivity index (χ1v) is 7.44. The Morgan fingerprint density at radius 3 is 2.56 bits per heavy atom. The van der Waals surface area contributed by atoms with Crippen molar-refractivity contribution in [3.8, 4) is 0 Å². The summed E-state index contributed by atoms with van der Waals surface area (Å²) in [4.78, 5) is 1.47. The molecule has 0 aliphatic carbocycles. The highest BCUT2D eigenvalue weighted by Crippen LogP contribution is 2.19. The van der Waals surface area contributed by atoms with Crippen molar-refractivity contribution in [1.29, 1.82) is 0 Å².